The van der Waals surface area contributed by atoms with Crippen molar-refractivity contribution in [1.29, 1.82) is 0 Å². The second kappa shape index (κ2) is 6.48. The number of thiazole rings is 1. The molecule has 0 aliphatic rings. The molecule has 19 heavy (non-hydrogen) atoms. The predicted molar refractivity (Wildman–Crippen MR) is 78.2 cm³/mol. The monoisotopic (exact) mass is 274 g/mol. The number of nitrogens with zero attached hydrogens (tertiary/aromatic N) is 1. The van der Waals surface area contributed by atoms with Crippen LogP contribution < -0.4 is 5.32 Å². The van der Waals surface area contributed by atoms with Gasteiger partial charge in [-0.3, -0.25) is 4.79 Å². The van der Waals surface area contributed by atoms with E-state index in [2.05, 4.69) is 29.4 Å². The molecule has 4 heteroatoms. The lowest BCUT2D eigenvalue weighted by Gasteiger charge is -2.11. The molecular weight excluding hydrogens is 256 g/mol. The first-order valence-corrected chi connectivity index (χ1v) is 7.26. The number of amides is 1. The standard InChI is InChI=1S/C15H18N2OS/c1-11(13-6-4-3-5-7-13)8-14(18)16-9-15-17-12(2)10-19-15/h3-7,10-11H,8-9H2,1-2H3,(H,16,18). The molecule has 100 valence electrons. The molecule has 1 unspecified atom stereocenters. The molecule has 0 aliphatic heterocycles. The summed E-state index contributed by atoms with van der Waals surface area (Å²) in [6.45, 7) is 4.56. The van der Waals surface area contributed by atoms with E-state index in [1.165, 1.54) is 5.56 Å². The number of hydrogen-bond acceptors (Lipinski definition) is 3. The van der Waals surface area contributed by atoms with Gasteiger partial charge in [-0.05, 0) is 18.4 Å². The van der Waals surface area contributed by atoms with Crippen molar-refractivity contribution in [3.8, 4) is 0 Å². The van der Waals surface area contributed by atoms with Gasteiger partial charge in [0.15, 0.2) is 0 Å². The van der Waals surface area contributed by atoms with Gasteiger partial charge in [-0.1, -0.05) is 37.3 Å². The highest BCUT2D eigenvalue weighted by Gasteiger charge is 2.11. The predicted octanol–water partition coefficient (Wildman–Crippen LogP) is 3.26. The van der Waals surface area contributed by atoms with E-state index in [4.69, 9.17) is 0 Å². The number of hydrogen-bond donors (Lipinski definition) is 1. The van der Waals surface area contributed by atoms with E-state index < -0.39 is 0 Å². The Bertz CT molecular complexity index is 536. The van der Waals surface area contributed by atoms with Gasteiger partial charge < -0.3 is 5.32 Å². The Kier molecular flexibility index (Phi) is 4.68. The van der Waals surface area contributed by atoms with Gasteiger partial charge >= 0.3 is 0 Å². The van der Waals surface area contributed by atoms with Crippen molar-refractivity contribution < 1.29 is 4.79 Å². The lowest BCUT2D eigenvalue weighted by molar-refractivity contribution is -0.121. The van der Waals surface area contributed by atoms with Crippen molar-refractivity contribution in [3.05, 3.63) is 52.0 Å². The fraction of sp³-hybridized carbons (Fsp3) is 0.333. The number of carbonyl (C=O) groups is 1. The number of aryl methyl sites for hydroxylation is 1. The second-order valence-electron chi connectivity index (χ2n) is 4.68. The molecule has 1 aromatic carbocycles. The summed E-state index contributed by atoms with van der Waals surface area (Å²) in [4.78, 5) is 16.2. The lowest BCUT2D eigenvalue weighted by Crippen LogP contribution is -2.24. The molecule has 0 saturated heterocycles. The van der Waals surface area contributed by atoms with E-state index in [0.29, 0.717) is 13.0 Å². The van der Waals surface area contributed by atoms with Gasteiger partial charge in [-0.25, -0.2) is 4.98 Å². The van der Waals surface area contributed by atoms with Crippen molar-refractivity contribution >= 4 is 17.2 Å². The molecule has 1 N–H and O–H groups in total. The van der Waals surface area contributed by atoms with E-state index in [9.17, 15) is 4.79 Å². The maximum absolute atomic E-state index is 11.9. The topological polar surface area (TPSA) is 42.0 Å². The third kappa shape index (κ3) is 4.17. The molecule has 0 bridgehead atoms. The van der Waals surface area contributed by atoms with E-state index in [1.54, 1.807) is 11.3 Å². The van der Waals surface area contributed by atoms with Crippen molar-refractivity contribution in [2.45, 2.75) is 32.7 Å². The minimum atomic E-state index is 0.0733. The largest absolute Gasteiger partial charge is 0.350 e. The summed E-state index contributed by atoms with van der Waals surface area (Å²) in [6.07, 6.45) is 0.508. The highest BCUT2D eigenvalue weighted by Crippen LogP contribution is 2.18. The molecule has 2 rings (SSSR count). The minimum absolute atomic E-state index is 0.0733. The van der Waals surface area contributed by atoms with Crippen LogP contribution in [0.2, 0.25) is 0 Å². The van der Waals surface area contributed by atoms with E-state index in [1.807, 2.05) is 30.5 Å². The maximum atomic E-state index is 11.9. The zero-order valence-electron chi connectivity index (χ0n) is 11.2. The van der Waals surface area contributed by atoms with Crippen LogP contribution in [0.25, 0.3) is 0 Å². The van der Waals surface area contributed by atoms with Gasteiger partial charge in [0, 0.05) is 17.5 Å². The average molecular weight is 274 g/mol. The number of benzene rings is 1. The third-order valence-corrected chi connectivity index (χ3v) is 3.93. The first-order chi connectivity index (χ1) is 9.15. The number of rotatable bonds is 5. The van der Waals surface area contributed by atoms with E-state index in [-0.39, 0.29) is 11.8 Å². The second-order valence-corrected chi connectivity index (χ2v) is 5.62. The summed E-state index contributed by atoms with van der Waals surface area (Å²) in [5.74, 6) is 0.309. The molecule has 1 atom stereocenters. The SMILES string of the molecule is Cc1csc(CNC(=O)CC(C)c2ccccc2)n1. The Morgan fingerprint density at radius 3 is 2.74 bits per heavy atom. The van der Waals surface area contributed by atoms with Gasteiger partial charge in [0.05, 0.1) is 6.54 Å². The molecule has 1 heterocycles. The van der Waals surface area contributed by atoms with E-state index >= 15 is 0 Å². The Labute approximate surface area is 117 Å². The van der Waals surface area contributed by atoms with E-state index in [0.717, 1.165) is 10.7 Å². The molecule has 0 fully saturated rings. The van der Waals surface area contributed by atoms with Crippen molar-refractivity contribution in [1.82, 2.24) is 10.3 Å². The minimum Gasteiger partial charge on any atom is -0.350 e. The Morgan fingerprint density at radius 1 is 1.37 bits per heavy atom. The third-order valence-electron chi connectivity index (χ3n) is 2.96. The van der Waals surface area contributed by atoms with Crippen molar-refractivity contribution in [2.24, 2.45) is 0 Å². The zero-order valence-corrected chi connectivity index (χ0v) is 12.0. The first-order valence-electron chi connectivity index (χ1n) is 6.38. The summed E-state index contributed by atoms with van der Waals surface area (Å²) in [7, 11) is 0. The van der Waals surface area contributed by atoms with Crippen molar-refractivity contribution in [3.63, 3.8) is 0 Å². The van der Waals surface area contributed by atoms with Gasteiger partial charge in [-0.2, -0.15) is 0 Å². The van der Waals surface area contributed by atoms with Crippen LogP contribution in [0.15, 0.2) is 35.7 Å². The Hall–Kier alpha value is -1.68. The normalized spacial score (nSPS) is 12.1. The highest BCUT2D eigenvalue weighted by atomic mass is 32.1. The summed E-state index contributed by atoms with van der Waals surface area (Å²) in [5, 5.41) is 5.87. The van der Waals surface area contributed by atoms with Crippen LogP contribution in [-0.4, -0.2) is 10.9 Å². The fourth-order valence-corrected chi connectivity index (χ4v) is 2.62. The van der Waals surface area contributed by atoms with Crippen LogP contribution in [0.3, 0.4) is 0 Å². The Morgan fingerprint density at radius 2 is 2.11 bits per heavy atom. The maximum Gasteiger partial charge on any atom is 0.220 e. The first kappa shape index (κ1) is 13.7. The summed E-state index contributed by atoms with van der Waals surface area (Å²) in [5.41, 5.74) is 2.20. The highest BCUT2D eigenvalue weighted by molar-refractivity contribution is 7.09. The van der Waals surface area contributed by atoms with Gasteiger partial charge in [-0.15, -0.1) is 11.3 Å². The molecule has 3 nitrogen and oxygen atoms in total. The molecule has 1 amide bonds. The van der Waals surface area contributed by atoms with Gasteiger partial charge in [0.1, 0.15) is 5.01 Å². The smallest absolute Gasteiger partial charge is 0.220 e. The quantitative estimate of drug-likeness (QED) is 0.909. The molecule has 0 aliphatic carbocycles. The molecule has 0 saturated carbocycles. The zero-order chi connectivity index (χ0) is 13.7. The van der Waals surface area contributed by atoms with Crippen LogP contribution in [0, 0.1) is 6.92 Å². The molecule has 1 aromatic heterocycles. The van der Waals surface area contributed by atoms with Crippen molar-refractivity contribution in [2.75, 3.05) is 0 Å². The van der Waals surface area contributed by atoms with Gasteiger partial charge in [0.2, 0.25) is 5.91 Å². The van der Waals surface area contributed by atoms with Gasteiger partial charge in [0.25, 0.3) is 0 Å². The number of aromatic nitrogens is 1. The fourth-order valence-electron chi connectivity index (χ4n) is 1.91. The van der Waals surface area contributed by atoms with Crippen LogP contribution in [0.5, 0.6) is 0 Å². The van der Waals surface area contributed by atoms with Crippen LogP contribution >= 0.6 is 11.3 Å². The molecule has 0 spiro atoms. The van der Waals surface area contributed by atoms with Crippen LogP contribution in [0.1, 0.15) is 35.5 Å². The summed E-state index contributed by atoms with van der Waals surface area (Å²) < 4.78 is 0. The molecular formula is C15H18N2OS. The average Bonchev–Trinajstić information content (AvgIpc) is 2.83. The summed E-state index contributed by atoms with van der Waals surface area (Å²) >= 11 is 1.58. The number of carbonyl (C=O) groups excluding carboxylic acids is 1. The lowest BCUT2D eigenvalue weighted by atomic mass is 9.98. The van der Waals surface area contributed by atoms with Crippen LogP contribution in [0.4, 0.5) is 0 Å². The molecule has 2 aromatic rings. The summed E-state index contributed by atoms with van der Waals surface area (Å²) in [6, 6.07) is 10.1. The molecule has 0 radical (unpaired) electrons. The Balaban J connectivity index is 1.81. The van der Waals surface area contributed by atoms with Crippen LogP contribution in [-0.2, 0) is 11.3 Å². The number of nitrogens with one attached hydrogen (secondary N) is 1.